The largest absolute Gasteiger partial charge is 0.301 e. The number of hydrogen-bond acceptors (Lipinski definition) is 4. The third kappa shape index (κ3) is 2.75. The van der Waals surface area contributed by atoms with Crippen molar-refractivity contribution in [1.82, 2.24) is 9.97 Å². The molecule has 0 bridgehead atoms. The summed E-state index contributed by atoms with van der Waals surface area (Å²) in [5.41, 5.74) is 0.219. The lowest BCUT2D eigenvalue weighted by atomic mass is 10.2. The summed E-state index contributed by atoms with van der Waals surface area (Å²) < 4.78 is 0. The average Bonchev–Trinajstić information content (AvgIpc) is 2.32. The van der Waals surface area contributed by atoms with E-state index in [0.29, 0.717) is 20.6 Å². The second kappa shape index (κ2) is 5.16. The minimum Gasteiger partial charge on any atom is -0.301 e. The van der Waals surface area contributed by atoms with Gasteiger partial charge < -0.3 is 4.98 Å². The number of aldehydes is 1. The summed E-state index contributed by atoms with van der Waals surface area (Å²) >= 11 is 7.15. The van der Waals surface area contributed by atoms with Crippen LogP contribution in [0.4, 0.5) is 0 Å². The number of benzene rings is 1. The third-order valence-electron chi connectivity index (χ3n) is 1.97. The highest BCUT2D eigenvalue weighted by Crippen LogP contribution is 2.33. The Morgan fingerprint density at radius 2 is 2.18 bits per heavy atom. The van der Waals surface area contributed by atoms with Crippen LogP contribution >= 0.6 is 23.4 Å². The minimum atomic E-state index is -0.248. The van der Waals surface area contributed by atoms with E-state index in [1.54, 1.807) is 18.2 Å². The first-order valence-corrected chi connectivity index (χ1v) is 5.87. The predicted octanol–water partition coefficient (Wildman–Crippen LogP) is 2.39. The molecule has 2 aromatic rings. The van der Waals surface area contributed by atoms with Gasteiger partial charge in [-0.3, -0.25) is 9.59 Å². The minimum absolute atomic E-state index is 0.248. The van der Waals surface area contributed by atoms with Crippen molar-refractivity contribution in [2.24, 2.45) is 0 Å². The van der Waals surface area contributed by atoms with Crippen LogP contribution in [0.3, 0.4) is 0 Å². The Balaban J connectivity index is 2.42. The summed E-state index contributed by atoms with van der Waals surface area (Å²) in [6.45, 7) is 0. The summed E-state index contributed by atoms with van der Waals surface area (Å²) in [5.74, 6) is 0. The zero-order valence-electron chi connectivity index (χ0n) is 8.51. The maximum absolute atomic E-state index is 11.1. The fourth-order valence-electron chi connectivity index (χ4n) is 1.23. The lowest BCUT2D eigenvalue weighted by molar-refractivity contribution is 0.112. The van der Waals surface area contributed by atoms with Gasteiger partial charge in [-0.15, -0.1) is 0 Å². The molecule has 0 aliphatic carbocycles. The molecule has 2 rings (SSSR count). The van der Waals surface area contributed by atoms with Gasteiger partial charge in [-0.05, 0) is 17.8 Å². The molecule has 0 fully saturated rings. The van der Waals surface area contributed by atoms with Gasteiger partial charge in [-0.25, -0.2) is 4.98 Å². The Hall–Kier alpha value is -1.59. The van der Waals surface area contributed by atoms with E-state index in [0.717, 1.165) is 18.0 Å². The van der Waals surface area contributed by atoms with Crippen molar-refractivity contribution in [3.8, 4) is 0 Å². The molecule has 0 aliphatic heterocycles. The van der Waals surface area contributed by atoms with Gasteiger partial charge in [0.2, 0.25) is 0 Å². The van der Waals surface area contributed by atoms with Gasteiger partial charge in [0.1, 0.15) is 0 Å². The van der Waals surface area contributed by atoms with Crippen LogP contribution < -0.4 is 5.56 Å². The second-order valence-corrected chi connectivity index (χ2v) is 4.52. The molecular formula is C11H7ClN2O2S. The zero-order valence-corrected chi connectivity index (χ0v) is 10.1. The number of H-pyrrole nitrogens is 1. The molecule has 0 aliphatic rings. The Labute approximate surface area is 106 Å². The summed E-state index contributed by atoms with van der Waals surface area (Å²) in [5, 5.41) is 0.847. The van der Waals surface area contributed by atoms with Crippen LogP contribution in [0.25, 0.3) is 0 Å². The molecule has 4 nitrogen and oxygen atoms in total. The average molecular weight is 267 g/mol. The maximum Gasteiger partial charge on any atom is 0.251 e. The standard InChI is InChI=1S/C11H7ClN2O2S/c12-8-3-1-2-7(6-15)10(8)17-11-13-5-4-9(16)14-11/h1-6H,(H,13,14,16). The molecule has 0 amide bonds. The van der Waals surface area contributed by atoms with Gasteiger partial charge in [0.05, 0.1) is 5.02 Å². The topological polar surface area (TPSA) is 62.8 Å². The molecule has 0 atom stereocenters. The Bertz CT molecular complexity index is 612. The molecule has 1 heterocycles. The lowest BCUT2D eigenvalue weighted by Gasteiger charge is -2.05. The number of carbonyl (C=O) groups is 1. The Kier molecular flexibility index (Phi) is 3.61. The molecular weight excluding hydrogens is 260 g/mol. The lowest BCUT2D eigenvalue weighted by Crippen LogP contribution is -2.05. The molecule has 1 aromatic heterocycles. The third-order valence-corrected chi connectivity index (χ3v) is 3.46. The molecule has 0 saturated carbocycles. The Morgan fingerprint density at radius 3 is 2.88 bits per heavy atom. The van der Waals surface area contributed by atoms with Gasteiger partial charge in [-0.1, -0.05) is 23.7 Å². The van der Waals surface area contributed by atoms with Crippen LogP contribution in [0.1, 0.15) is 10.4 Å². The molecule has 6 heteroatoms. The first kappa shape index (κ1) is 11.9. The molecule has 17 heavy (non-hydrogen) atoms. The van der Waals surface area contributed by atoms with Crippen LogP contribution in [-0.4, -0.2) is 16.3 Å². The van der Waals surface area contributed by atoms with E-state index in [1.807, 2.05) is 0 Å². The molecule has 0 spiro atoms. The van der Waals surface area contributed by atoms with Crippen LogP contribution in [0.15, 0.2) is 45.3 Å². The SMILES string of the molecule is O=Cc1cccc(Cl)c1Sc1nccc(=O)[nH]1. The number of hydrogen-bond donors (Lipinski definition) is 1. The quantitative estimate of drug-likeness (QED) is 0.684. The summed E-state index contributed by atoms with van der Waals surface area (Å²) in [6, 6.07) is 6.34. The van der Waals surface area contributed by atoms with Gasteiger partial charge in [0.15, 0.2) is 11.4 Å². The van der Waals surface area contributed by atoms with Crippen LogP contribution in [0, 0.1) is 0 Å². The number of nitrogens with one attached hydrogen (secondary N) is 1. The van der Waals surface area contributed by atoms with E-state index in [-0.39, 0.29) is 5.56 Å². The first-order chi connectivity index (χ1) is 8.20. The van der Waals surface area contributed by atoms with Crippen molar-refractivity contribution in [2.45, 2.75) is 10.1 Å². The van der Waals surface area contributed by atoms with Crippen LogP contribution in [0.2, 0.25) is 5.02 Å². The molecule has 0 unspecified atom stereocenters. The number of rotatable bonds is 3. The van der Waals surface area contributed by atoms with Crippen molar-refractivity contribution in [2.75, 3.05) is 0 Å². The Morgan fingerprint density at radius 1 is 1.35 bits per heavy atom. The highest BCUT2D eigenvalue weighted by atomic mass is 35.5. The van der Waals surface area contributed by atoms with Crippen molar-refractivity contribution in [1.29, 1.82) is 0 Å². The van der Waals surface area contributed by atoms with Gasteiger partial charge in [0, 0.05) is 22.7 Å². The van der Waals surface area contributed by atoms with Crippen LogP contribution in [-0.2, 0) is 0 Å². The normalized spacial score (nSPS) is 10.2. The van der Waals surface area contributed by atoms with Gasteiger partial charge >= 0.3 is 0 Å². The van der Waals surface area contributed by atoms with E-state index in [1.165, 1.54) is 12.3 Å². The van der Waals surface area contributed by atoms with E-state index in [9.17, 15) is 9.59 Å². The second-order valence-electron chi connectivity index (χ2n) is 3.12. The zero-order chi connectivity index (χ0) is 12.3. The fourth-order valence-corrected chi connectivity index (χ4v) is 2.38. The number of aromatic amines is 1. The maximum atomic E-state index is 11.1. The summed E-state index contributed by atoms with van der Waals surface area (Å²) in [7, 11) is 0. The number of halogens is 1. The molecule has 1 aromatic carbocycles. The number of nitrogens with zero attached hydrogens (tertiary/aromatic N) is 1. The van der Waals surface area contributed by atoms with Crippen molar-refractivity contribution in [3.63, 3.8) is 0 Å². The van der Waals surface area contributed by atoms with Crippen molar-refractivity contribution >= 4 is 29.6 Å². The van der Waals surface area contributed by atoms with Crippen LogP contribution in [0.5, 0.6) is 0 Å². The monoisotopic (exact) mass is 266 g/mol. The number of aromatic nitrogens is 2. The highest BCUT2D eigenvalue weighted by Gasteiger charge is 2.09. The molecule has 0 radical (unpaired) electrons. The smallest absolute Gasteiger partial charge is 0.251 e. The molecule has 86 valence electrons. The van der Waals surface area contributed by atoms with Gasteiger partial charge in [-0.2, -0.15) is 0 Å². The van der Waals surface area contributed by atoms with Gasteiger partial charge in [0.25, 0.3) is 5.56 Å². The predicted molar refractivity (Wildman–Crippen MR) is 65.8 cm³/mol. The van der Waals surface area contributed by atoms with Crippen molar-refractivity contribution in [3.05, 3.63) is 51.4 Å². The van der Waals surface area contributed by atoms with E-state index in [4.69, 9.17) is 11.6 Å². The van der Waals surface area contributed by atoms with E-state index >= 15 is 0 Å². The number of carbonyl (C=O) groups excluding carboxylic acids is 1. The highest BCUT2D eigenvalue weighted by molar-refractivity contribution is 7.99. The molecule has 0 saturated heterocycles. The summed E-state index contributed by atoms with van der Waals surface area (Å²) in [6.07, 6.45) is 2.12. The van der Waals surface area contributed by atoms with E-state index < -0.39 is 0 Å². The molecule has 1 N–H and O–H groups in total. The summed E-state index contributed by atoms with van der Waals surface area (Å²) in [4.78, 5) is 29.1. The first-order valence-electron chi connectivity index (χ1n) is 4.67. The van der Waals surface area contributed by atoms with E-state index in [2.05, 4.69) is 9.97 Å². The fraction of sp³-hybridized carbons (Fsp3) is 0. The van der Waals surface area contributed by atoms with Crippen molar-refractivity contribution < 1.29 is 4.79 Å².